The molecule has 1 N–H and O–H groups in total. The van der Waals surface area contributed by atoms with E-state index in [-0.39, 0.29) is 11.1 Å². The van der Waals surface area contributed by atoms with Crippen molar-refractivity contribution in [3.63, 3.8) is 0 Å². The Kier molecular flexibility index (Phi) is 4.85. The first kappa shape index (κ1) is 14.8. The molecule has 0 aliphatic carbocycles. The molecule has 19 heavy (non-hydrogen) atoms. The Labute approximate surface area is 126 Å². The minimum Gasteiger partial charge on any atom is -0.312 e. The van der Waals surface area contributed by atoms with Crippen molar-refractivity contribution in [2.24, 2.45) is 0 Å². The summed E-state index contributed by atoms with van der Waals surface area (Å²) in [5, 5.41) is 6.24. The molecule has 0 spiro atoms. The molecular formula is C14H14Cl2FNS. The highest BCUT2D eigenvalue weighted by molar-refractivity contribution is 7.10. The summed E-state index contributed by atoms with van der Waals surface area (Å²) in [5.74, 6) is -0.392. The summed E-state index contributed by atoms with van der Waals surface area (Å²) in [4.78, 5) is 1.10. The van der Waals surface area contributed by atoms with Crippen LogP contribution in [0.15, 0.2) is 23.6 Å². The number of thiophene rings is 1. The van der Waals surface area contributed by atoms with Gasteiger partial charge in [-0.2, -0.15) is 0 Å². The van der Waals surface area contributed by atoms with Crippen molar-refractivity contribution in [1.29, 1.82) is 0 Å². The lowest BCUT2D eigenvalue weighted by atomic mass is 10.0. The molecule has 2 aromatic rings. The second-order valence-corrected chi connectivity index (χ2v) is 6.09. The third-order valence-corrected chi connectivity index (χ3v) is 5.13. The van der Waals surface area contributed by atoms with E-state index in [1.54, 1.807) is 23.5 Å². The van der Waals surface area contributed by atoms with Crippen LogP contribution < -0.4 is 5.32 Å². The zero-order chi connectivity index (χ0) is 14.0. The molecule has 0 bridgehead atoms. The molecule has 0 saturated carbocycles. The highest BCUT2D eigenvalue weighted by atomic mass is 35.5. The zero-order valence-electron chi connectivity index (χ0n) is 10.6. The smallest absolute Gasteiger partial charge is 0.141 e. The molecule has 102 valence electrons. The summed E-state index contributed by atoms with van der Waals surface area (Å²) < 4.78 is 13.1. The van der Waals surface area contributed by atoms with Gasteiger partial charge in [0.15, 0.2) is 0 Å². The van der Waals surface area contributed by atoms with Crippen LogP contribution in [0.3, 0.4) is 0 Å². The van der Waals surface area contributed by atoms with Gasteiger partial charge in [0.25, 0.3) is 0 Å². The van der Waals surface area contributed by atoms with Crippen LogP contribution in [0.4, 0.5) is 4.39 Å². The van der Waals surface area contributed by atoms with Crippen molar-refractivity contribution in [3.8, 4) is 0 Å². The summed E-state index contributed by atoms with van der Waals surface area (Å²) in [5.41, 5.74) is 2.06. The average molecular weight is 318 g/mol. The first-order chi connectivity index (χ1) is 9.02. The van der Waals surface area contributed by atoms with Crippen LogP contribution in [0.25, 0.3) is 0 Å². The minimum absolute atomic E-state index is 0.104. The summed E-state index contributed by atoms with van der Waals surface area (Å²) in [7, 11) is 1.89. The minimum atomic E-state index is -0.392. The standard InChI is InChI=1S/C14H14Cl2FNS/c1-8-7-19-14(13(8)16)12(18-2)6-9-3-4-11(17)10(15)5-9/h3-5,7,12,18H,6H2,1-2H3. The SMILES string of the molecule is CNC(Cc1ccc(F)c(Cl)c1)c1scc(C)c1Cl. The molecule has 1 heterocycles. The Morgan fingerprint density at radius 1 is 1.37 bits per heavy atom. The van der Waals surface area contributed by atoms with E-state index >= 15 is 0 Å². The molecular weight excluding hydrogens is 304 g/mol. The first-order valence-electron chi connectivity index (χ1n) is 5.87. The monoisotopic (exact) mass is 317 g/mol. The lowest BCUT2D eigenvalue weighted by Gasteiger charge is -2.16. The summed E-state index contributed by atoms with van der Waals surface area (Å²) >= 11 is 13.7. The van der Waals surface area contributed by atoms with Crippen molar-refractivity contribution in [3.05, 3.63) is 55.4 Å². The van der Waals surface area contributed by atoms with Crippen LogP contribution in [0.1, 0.15) is 22.0 Å². The number of rotatable bonds is 4. The third-order valence-electron chi connectivity index (χ3n) is 3.01. The molecule has 1 aromatic carbocycles. The largest absolute Gasteiger partial charge is 0.312 e. The topological polar surface area (TPSA) is 12.0 Å². The molecule has 1 aromatic heterocycles. The normalized spacial score (nSPS) is 12.7. The fourth-order valence-corrected chi connectivity index (χ4v) is 3.55. The second kappa shape index (κ2) is 6.23. The maximum absolute atomic E-state index is 13.1. The van der Waals surface area contributed by atoms with E-state index in [1.807, 2.05) is 19.4 Å². The lowest BCUT2D eigenvalue weighted by molar-refractivity contribution is 0.598. The van der Waals surface area contributed by atoms with Crippen LogP contribution in [0, 0.1) is 12.7 Å². The second-order valence-electron chi connectivity index (χ2n) is 4.39. The fraction of sp³-hybridized carbons (Fsp3) is 0.286. The van der Waals surface area contributed by atoms with Gasteiger partial charge < -0.3 is 5.32 Å². The Bertz CT molecular complexity index is 583. The van der Waals surface area contributed by atoms with Gasteiger partial charge >= 0.3 is 0 Å². The van der Waals surface area contributed by atoms with Crippen molar-refractivity contribution in [2.45, 2.75) is 19.4 Å². The van der Waals surface area contributed by atoms with Crippen LogP contribution in [-0.4, -0.2) is 7.05 Å². The molecule has 1 atom stereocenters. The lowest BCUT2D eigenvalue weighted by Crippen LogP contribution is -2.18. The molecule has 0 aliphatic heterocycles. The fourth-order valence-electron chi connectivity index (χ4n) is 1.91. The van der Waals surface area contributed by atoms with E-state index in [0.29, 0.717) is 0 Å². The van der Waals surface area contributed by atoms with Crippen molar-refractivity contribution in [2.75, 3.05) is 7.05 Å². The van der Waals surface area contributed by atoms with Gasteiger partial charge in [-0.25, -0.2) is 4.39 Å². The molecule has 0 radical (unpaired) electrons. The van der Waals surface area contributed by atoms with E-state index in [2.05, 4.69) is 5.32 Å². The Balaban J connectivity index is 2.24. The predicted molar refractivity (Wildman–Crippen MR) is 81.0 cm³/mol. The molecule has 1 unspecified atom stereocenters. The molecule has 0 fully saturated rings. The van der Waals surface area contributed by atoms with Gasteiger partial charge in [0.05, 0.1) is 10.0 Å². The zero-order valence-corrected chi connectivity index (χ0v) is 13.0. The van der Waals surface area contributed by atoms with Gasteiger partial charge in [-0.05, 0) is 49.0 Å². The Hall–Kier alpha value is -0.610. The number of halogens is 3. The predicted octanol–water partition coefficient (Wildman–Crippen LogP) is 5.01. The van der Waals surface area contributed by atoms with Gasteiger partial charge in [0, 0.05) is 10.9 Å². The first-order valence-corrected chi connectivity index (χ1v) is 7.51. The van der Waals surface area contributed by atoms with Gasteiger partial charge in [-0.3, -0.25) is 0 Å². The molecule has 1 nitrogen and oxygen atoms in total. The maximum Gasteiger partial charge on any atom is 0.141 e. The molecule has 5 heteroatoms. The van der Waals surface area contributed by atoms with Crippen molar-refractivity contribution < 1.29 is 4.39 Å². The Morgan fingerprint density at radius 3 is 2.63 bits per heavy atom. The molecule has 0 amide bonds. The van der Waals surface area contributed by atoms with Crippen molar-refractivity contribution >= 4 is 34.5 Å². The van der Waals surface area contributed by atoms with Crippen LogP contribution in [-0.2, 0) is 6.42 Å². The van der Waals surface area contributed by atoms with Crippen LogP contribution in [0.2, 0.25) is 10.0 Å². The van der Waals surface area contributed by atoms with Gasteiger partial charge in [-0.1, -0.05) is 29.3 Å². The van der Waals surface area contributed by atoms with Crippen molar-refractivity contribution in [1.82, 2.24) is 5.32 Å². The highest BCUT2D eigenvalue weighted by Crippen LogP contribution is 2.34. The van der Waals surface area contributed by atoms with E-state index in [0.717, 1.165) is 27.4 Å². The maximum atomic E-state index is 13.1. The van der Waals surface area contributed by atoms with Crippen LogP contribution in [0.5, 0.6) is 0 Å². The summed E-state index contributed by atoms with van der Waals surface area (Å²) in [6, 6.07) is 4.91. The number of nitrogens with one attached hydrogen (secondary N) is 1. The number of hydrogen-bond acceptors (Lipinski definition) is 2. The van der Waals surface area contributed by atoms with Gasteiger partial charge in [-0.15, -0.1) is 11.3 Å². The molecule has 2 rings (SSSR count). The molecule has 0 aliphatic rings. The van der Waals surface area contributed by atoms with E-state index in [9.17, 15) is 4.39 Å². The van der Waals surface area contributed by atoms with E-state index in [1.165, 1.54) is 6.07 Å². The number of likely N-dealkylation sites (N-methyl/N-ethyl adjacent to an activating group) is 1. The number of benzene rings is 1. The summed E-state index contributed by atoms with van der Waals surface area (Å²) in [6.07, 6.45) is 0.718. The molecule has 0 saturated heterocycles. The van der Waals surface area contributed by atoms with E-state index in [4.69, 9.17) is 23.2 Å². The average Bonchev–Trinajstić information content (AvgIpc) is 2.72. The number of aryl methyl sites for hydroxylation is 1. The van der Waals surface area contributed by atoms with E-state index < -0.39 is 5.82 Å². The van der Waals surface area contributed by atoms with Crippen LogP contribution >= 0.6 is 34.5 Å². The van der Waals surface area contributed by atoms with Gasteiger partial charge in [0.1, 0.15) is 5.82 Å². The number of hydrogen-bond donors (Lipinski definition) is 1. The third kappa shape index (κ3) is 3.29. The quantitative estimate of drug-likeness (QED) is 0.836. The summed E-state index contributed by atoms with van der Waals surface area (Å²) in [6.45, 7) is 1.99. The highest BCUT2D eigenvalue weighted by Gasteiger charge is 2.17. The Morgan fingerprint density at radius 2 is 2.11 bits per heavy atom. The van der Waals surface area contributed by atoms with Gasteiger partial charge in [0.2, 0.25) is 0 Å².